The standard InChI is InChI=1S/C23H24N2O4S/c1-16-9-10-17(2)22(13-16)30(28,29)24-19-11-12-21(20(14-19)23(26)27)25(3)15-18-7-5-4-6-8-18/h4-14,24H,15H2,1-3H3,(H,26,27). The van der Waals surface area contributed by atoms with E-state index in [1.54, 1.807) is 38.2 Å². The highest BCUT2D eigenvalue weighted by molar-refractivity contribution is 7.92. The molecule has 0 spiro atoms. The average Bonchev–Trinajstić information content (AvgIpc) is 2.70. The number of hydrogen-bond acceptors (Lipinski definition) is 4. The normalized spacial score (nSPS) is 11.2. The summed E-state index contributed by atoms with van der Waals surface area (Å²) in [6, 6.07) is 19.4. The summed E-state index contributed by atoms with van der Waals surface area (Å²) in [7, 11) is -2.05. The smallest absolute Gasteiger partial charge is 0.337 e. The molecule has 0 aromatic heterocycles. The van der Waals surface area contributed by atoms with Gasteiger partial charge in [-0.25, -0.2) is 13.2 Å². The lowest BCUT2D eigenvalue weighted by molar-refractivity contribution is 0.0697. The first-order valence-electron chi connectivity index (χ1n) is 9.40. The first-order valence-corrected chi connectivity index (χ1v) is 10.9. The third kappa shape index (κ3) is 4.80. The monoisotopic (exact) mass is 424 g/mol. The molecule has 0 saturated carbocycles. The predicted octanol–water partition coefficient (Wildman–Crippen LogP) is 4.44. The molecular formula is C23H24N2O4S. The summed E-state index contributed by atoms with van der Waals surface area (Å²) in [4.78, 5) is 13.9. The highest BCUT2D eigenvalue weighted by Gasteiger charge is 2.20. The van der Waals surface area contributed by atoms with Gasteiger partial charge in [-0.1, -0.05) is 42.5 Å². The van der Waals surface area contributed by atoms with E-state index in [4.69, 9.17) is 0 Å². The van der Waals surface area contributed by atoms with Crippen LogP contribution in [0.4, 0.5) is 11.4 Å². The number of anilines is 2. The fourth-order valence-corrected chi connectivity index (χ4v) is 4.63. The molecule has 0 bridgehead atoms. The Morgan fingerprint density at radius 3 is 2.37 bits per heavy atom. The Kier molecular flexibility index (Phi) is 6.12. The molecule has 156 valence electrons. The maximum atomic E-state index is 12.8. The van der Waals surface area contributed by atoms with E-state index in [0.29, 0.717) is 17.8 Å². The van der Waals surface area contributed by atoms with Crippen molar-refractivity contribution in [2.24, 2.45) is 0 Å². The Hall–Kier alpha value is -3.32. The van der Waals surface area contributed by atoms with Gasteiger partial charge in [-0.2, -0.15) is 0 Å². The van der Waals surface area contributed by atoms with E-state index in [1.165, 1.54) is 6.07 Å². The maximum Gasteiger partial charge on any atom is 0.337 e. The van der Waals surface area contributed by atoms with E-state index in [9.17, 15) is 18.3 Å². The fourth-order valence-electron chi connectivity index (χ4n) is 3.25. The van der Waals surface area contributed by atoms with Gasteiger partial charge in [0.15, 0.2) is 0 Å². The summed E-state index contributed by atoms with van der Waals surface area (Å²) < 4.78 is 28.2. The van der Waals surface area contributed by atoms with Crippen LogP contribution in [-0.2, 0) is 16.6 Å². The molecule has 2 N–H and O–H groups in total. The Morgan fingerprint density at radius 2 is 1.70 bits per heavy atom. The summed E-state index contributed by atoms with van der Waals surface area (Å²) in [5.41, 5.74) is 3.20. The zero-order valence-corrected chi connectivity index (χ0v) is 17.9. The molecule has 3 aromatic rings. The SMILES string of the molecule is Cc1ccc(C)c(S(=O)(=O)Nc2ccc(N(C)Cc3ccccc3)c(C(=O)O)c2)c1. The lowest BCUT2D eigenvalue weighted by Crippen LogP contribution is -2.20. The van der Waals surface area contributed by atoms with Crippen LogP contribution in [0.25, 0.3) is 0 Å². The van der Waals surface area contributed by atoms with E-state index in [0.717, 1.165) is 11.1 Å². The summed E-state index contributed by atoms with van der Waals surface area (Å²) in [5.74, 6) is -1.13. The molecule has 3 rings (SSSR count). The number of nitrogens with zero attached hydrogens (tertiary/aromatic N) is 1. The van der Waals surface area contributed by atoms with Gasteiger partial charge in [0.05, 0.1) is 16.1 Å². The number of sulfonamides is 1. The zero-order valence-electron chi connectivity index (χ0n) is 17.1. The molecule has 0 aliphatic rings. The summed E-state index contributed by atoms with van der Waals surface area (Å²) >= 11 is 0. The van der Waals surface area contributed by atoms with Gasteiger partial charge < -0.3 is 10.0 Å². The minimum atomic E-state index is -3.85. The second-order valence-electron chi connectivity index (χ2n) is 7.25. The van der Waals surface area contributed by atoms with Crippen molar-refractivity contribution in [3.8, 4) is 0 Å². The van der Waals surface area contributed by atoms with Crippen molar-refractivity contribution in [3.05, 3.63) is 89.0 Å². The molecule has 0 radical (unpaired) electrons. The van der Waals surface area contributed by atoms with Gasteiger partial charge in [-0.15, -0.1) is 0 Å². The van der Waals surface area contributed by atoms with Gasteiger partial charge in [-0.05, 0) is 54.8 Å². The van der Waals surface area contributed by atoms with Crippen molar-refractivity contribution in [2.45, 2.75) is 25.3 Å². The number of hydrogen-bond donors (Lipinski definition) is 2. The van der Waals surface area contributed by atoms with Gasteiger partial charge in [0.2, 0.25) is 0 Å². The molecule has 30 heavy (non-hydrogen) atoms. The molecule has 0 saturated heterocycles. The average molecular weight is 425 g/mol. The zero-order chi connectivity index (χ0) is 21.9. The van der Waals surface area contributed by atoms with Crippen LogP contribution < -0.4 is 9.62 Å². The quantitative estimate of drug-likeness (QED) is 0.586. The Bertz CT molecular complexity index is 1180. The number of rotatable bonds is 7. The molecule has 7 heteroatoms. The molecule has 0 atom stereocenters. The van der Waals surface area contributed by atoms with Crippen LogP contribution in [0.5, 0.6) is 0 Å². The van der Waals surface area contributed by atoms with E-state index in [2.05, 4.69) is 4.72 Å². The Balaban J connectivity index is 1.91. The maximum absolute atomic E-state index is 12.8. The van der Waals surface area contributed by atoms with Crippen molar-refractivity contribution in [3.63, 3.8) is 0 Å². The first-order chi connectivity index (χ1) is 14.2. The van der Waals surface area contributed by atoms with E-state index in [1.807, 2.05) is 48.2 Å². The number of benzene rings is 3. The third-order valence-electron chi connectivity index (χ3n) is 4.79. The minimum absolute atomic E-state index is 0.0228. The summed E-state index contributed by atoms with van der Waals surface area (Å²) in [5, 5.41) is 9.70. The molecule has 0 heterocycles. The summed E-state index contributed by atoms with van der Waals surface area (Å²) in [6.45, 7) is 4.06. The second-order valence-corrected chi connectivity index (χ2v) is 8.90. The van der Waals surface area contributed by atoms with Crippen molar-refractivity contribution in [1.82, 2.24) is 0 Å². The highest BCUT2D eigenvalue weighted by atomic mass is 32.2. The van der Waals surface area contributed by atoms with Crippen LogP contribution in [0.15, 0.2) is 71.6 Å². The van der Waals surface area contributed by atoms with Gasteiger partial charge in [-0.3, -0.25) is 4.72 Å². The Labute approximate surface area is 176 Å². The van der Waals surface area contributed by atoms with Crippen LogP contribution in [0, 0.1) is 13.8 Å². The van der Waals surface area contributed by atoms with Crippen LogP contribution >= 0.6 is 0 Å². The molecule has 3 aromatic carbocycles. The van der Waals surface area contributed by atoms with Crippen molar-refractivity contribution in [2.75, 3.05) is 16.7 Å². The lowest BCUT2D eigenvalue weighted by Gasteiger charge is -2.22. The minimum Gasteiger partial charge on any atom is -0.478 e. The molecule has 0 aliphatic heterocycles. The van der Waals surface area contributed by atoms with Crippen LogP contribution in [0.3, 0.4) is 0 Å². The number of carbonyl (C=O) groups is 1. The van der Waals surface area contributed by atoms with Crippen molar-refractivity contribution in [1.29, 1.82) is 0 Å². The largest absolute Gasteiger partial charge is 0.478 e. The van der Waals surface area contributed by atoms with E-state index >= 15 is 0 Å². The summed E-state index contributed by atoms with van der Waals surface area (Å²) in [6.07, 6.45) is 0. The van der Waals surface area contributed by atoms with Crippen LogP contribution in [0.1, 0.15) is 27.0 Å². The molecule has 0 fully saturated rings. The number of nitrogens with one attached hydrogen (secondary N) is 1. The second kappa shape index (κ2) is 8.59. The van der Waals surface area contributed by atoms with Crippen molar-refractivity contribution < 1.29 is 18.3 Å². The van der Waals surface area contributed by atoms with E-state index < -0.39 is 16.0 Å². The number of carboxylic acids is 1. The van der Waals surface area contributed by atoms with Gasteiger partial charge >= 0.3 is 5.97 Å². The topological polar surface area (TPSA) is 86.7 Å². The molecule has 0 aliphatic carbocycles. The molecule has 0 unspecified atom stereocenters. The van der Waals surface area contributed by atoms with E-state index in [-0.39, 0.29) is 16.1 Å². The molecular weight excluding hydrogens is 400 g/mol. The van der Waals surface area contributed by atoms with Gasteiger partial charge in [0.25, 0.3) is 10.0 Å². The molecule has 0 amide bonds. The van der Waals surface area contributed by atoms with Crippen molar-refractivity contribution >= 4 is 27.4 Å². The third-order valence-corrected chi connectivity index (χ3v) is 6.31. The first kappa shape index (κ1) is 21.4. The molecule has 6 nitrogen and oxygen atoms in total. The Morgan fingerprint density at radius 1 is 1.00 bits per heavy atom. The van der Waals surface area contributed by atoms with Crippen LogP contribution in [-0.4, -0.2) is 26.5 Å². The lowest BCUT2D eigenvalue weighted by atomic mass is 10.1. The fraction of sp³-hybridized carbons (Fsp3) is 0.174. The number of aryl methyl sites for hydroxylation is 2. The van der Waals surface area contributed by atoms with Gasteiger partial charge in [0.1, 0.15) is 0 Å². The van der Waals surface area contributed by atoms with Crippen LogP contribution in [0.2, 0.25) is 0 Å². The number of aromatic carboxylic acids is 1. The van der Waals surface area contributed by atoms with Gasteiger partial charge in [0, 0.05) is 19.3 Å². The number of carboxylic acid groups (broad SMARTS) is 1. The highest BCUT2D eigenvalue weighted by Crippen LogP contribution is 2.27. The predicted molar refractivity (Wildman–Crippen MR) is 119 cm³/mol.